The van der Waals surface area contributed by atoms with E-state index in [-0.39, 0.29) is 5.75 Å². The van der Waals surface area contributed by atoms with E-state index >= 15 is 0 Å². The first-order valence-electron chi connectivity index (χ1n) is 2.12. The molecule has 0 aliphatic heterocycles. The summed E-state index contributed by atoms with van der Waals surface area (Å²) in [7, 11) is 0. The molecule has 0 bridgehead atoms. The highest BCUT2D eigenvalue weighted by atomic mass is 32.1. The molecule has 5 nitrogen and oxygen atoms in total. The van der Waals surface area contributed by atoms with Gasteiger partial charge in [0.1, 0.15) is 6.04 Å². The first kappa shape index (κ1) is 8.38. The van der Waals surface area contributed by atoms with Gasteiger partial charge in [-0.1, -0.05) is 0 Å². The van der Waals surface area contributed by atoms with Gasteiger partial charge in [0.15, 0.2) is 5.34 Å². The molecule has 0 rings (SSSR count). The van der Waals surface area contributed by atoms with Gasteiger partial charge < -0.3 is 5.73 Å². The summed E-state index contributed by atoms with van der Waals surface area (Å²) in [6.45, 7) is 0. The van der Waals surface area contributed by atoms with Gasteiger partial charge in [0, 0.05) is 5.75 Å². The molecule has 9 heavy (non-hydrogen) atoms. The van der Waals surface area contributed by atoms with Crippen LogP contribution in [0.25, 0.3) is 0 Å². The molecule has 0 heterocycles. The molecule has 0 amide bonds. The lowest BCUT2D eigenvalue weighted by Crippen LogP contribution is -2.32. The van der Waals surface area contributed by atoms with E-state index in [9.17, 15) is 9.70 Å². The molecule has 0 aliphatic carbocycles. The Balaban J connectivity index is 3.58. The number of rotatable bonds is 3. The Hall–Kier alpha value is -0.620. The first-order chi connectivity index (χ1) is 4.22. The van der Waals surface area contributed by atoms with Crippen molar-refractivity contribution in [2.24, 2.45) is 11.1 Å². The van der Waals surface area contributed by atoms with Crippen molar-refractivity contribution in [2.45, 2.75) is 6.04 Å². The number of hydrogen-bond acceptors (Lipinski definition) is 6. The molecule has 0 spiro atoms. The predicted molar refractivity (Wildman–Crippen MR) is 33.7 cm³/mol. The van der Waals surface area contributed by atoms with Crippen LogP contribution in [0.3, 0.4) is 0 Å². The maximum Gasteiger partial charge on any atom is 0.355 e. The van der Waals surface area contributed by atoms with Crippen molar-refractivity contribution >= 4 is 18.6 Å². The highest BCUT2D eigenvalue weighted by Gasteiger charge is 2.12. The van der Waals surface area contributed by atoms with Crippen LogP contribution in [0.1, 0.15) is 0 Å². The van der Waals surface area contributed by atoms with Gasteiger partial charge >= 0.3 is 5.97 Å². The monoisotopic (exact) mass is 150 g/mol. The molecule has 0 saturated carbocycles. The minimum absolute atomic E-state index is 0.133. The summed E-state index contributed by atoms with van der Waals surface area (Å²) in [5, 5.41) is 1.89. The van der Waals surface area contributed by atoms with Gasteiger partial charge in [0.25, 0.3) is 0 Å². The topological polar surface area (TPSA) is 81.8 Å². The molecular weight excluding hydrogens is 144 g/mol. The number of nitrogens with two attached hydrogens (primary N) is 1. The summed E-state index contributed by atoms with van der Waals surface area (Å²) in [4.78, 5) is 23.2. The maximum atomic E-state index is 10.3. The molecule has 1 atom stereocenters. The van der Waals surface area contributed by atoms with Crippen LogP contribution in [0, 0.1) is 4.91 Å². The Morgan fingerprint density at radius 3 is 2.78 bits per heavy atom. The molecule has 52 valence electrons. The smallest absolute Gasteiger partial charge is 0.318 e. The van der Waals surface area contributed by atoms with Crippen LogP contribution in [0.4, 0.5) is 0 Å². The van der Waals surface area contributed by atoms with E-state index in [1.165, 1.54) is 0 Å². The lowest BCUT2D eigenvalue weighted by Gasteiger charge is -1.99. The predicted octanol–water partition coefficient (Wildman–Crippen LogP) is -0.532. The lowest BCUT2D eigenvalue weighted by atomic mass is 10.4. The zero-order valence-electron chi connectivity index (χ0n) is 4.48. The van der Waals surface area contributed by atoms with Gasteiger partial charge in [0.2, 0.25) is 0 Å². The van der Waals surface area contributed by atoms with Crippen molar-refractivity contribution in [1.82, 2.24) is 0 Å². The van der Waals surface area contributed by atoms with Gasteiger partial charge in [-0.3, -0.25) is 4.84 Å². The van der Waals surface area contributed by atoms with E-state index < -0.39 is 12.0 Å². The number of hydrogen-bond donors (Lipinski definition) is 2. The van der Waals surface area contributed by atoms with Crippen LogP contribution in [-0.4, -0.2) is 17.8 Å². The van der Waals surface area contributed by atoms with Crippen molar-refractivity contribution in [3.63, 3.8) is 0 Å². The second-order valence-electron chi connectivity index (χ2n) is 1.27. The van der Waals surface area contributed by atoms with Crippen molar-refractivity contribution in [1.29, 1.82) is 0 Å². The van der Waals surface area contributed by atoms with Gasteiger partial charge in [-0.15, -0.1) is 4.91 Å². The average Bonchev–Trinajstić information content (AvgIpc) is 1.87. The Morgan fingerprint density at radius 1 is 1.89 bits per heavy atom. The number of carbonyl (C=O) groups is 1. The van der Waals surface area contributed by atoms with Gasteiger partial charge in [-0.05, 0) is 0 Å². The Labute approximate surface area is 56.9 Å². The summed E-state index contributed by atoms with van der Waals surface area (Å²) in [6.07, 6.45) is 0. The first-order valence-corrected chi connectivity index (χ1v) is 2.75. The van der Waals surface area contributed by atoms with Crippen molar-refractivity contribution in [2.75, 3.05) is 5.75 Å². The third-order valence-electron chi connectivity index (χ3n) is 0.627. The second kappa shape index (κ2) is 4.28. The van der Waals surface area contributed by atoms with Gasteiger partial charge in [-0.25, -0.2) is 4.79 Å². The standard InChI is InChI=1S/C3H6N2O3S/c4-2(1-9)3(6)8-5-7/h2,9H,1,4H2/t2-/m0/s1. The molecule has 0 aromatic rings. The largest absolute Gasteiger partial charge is 0.355 e. The summed E-state index contributed by atoms with van der Waals surface area (Å²) in [6, 6.07) is -0.869. The third kappa shape index (κ3) is 3.04. The van der Waals surface area contributed by atoms with Crippen LogP contribution < -0.4 is 5.73 Å². The maximum absolute atomic E-state index is 10.3. The molecule has 0 aromatic heterocycles. The van der Waals surface area contributed by atoms with E-state index in [0.29, 0.717) is 0 Å². The zero-order valence-corrected chi connectivity index (χ0v) is 5.38. The van der Waals surface area contributed by atoms with Gasteiger partial charge in [-0.2, -0.15) is 12.6 Å². The van der Waals surface area contributed by atoms with Gasteiger partial charge in [0.05, 0.1) is 0 Å². The van der Waals surface area contributed by atoms with E-state index in [1.807, 2.05) is 5.34 Å². The Bertz CT molecular complexity index is 118. The molecular formula is C3H6N2O3S. The van der Waals surface area contributed by atoms with Crippen molar-refractivity contribution in [3.8, 4) is 0 Å². The fraction of sp³-hybridized carbons (Fsp3) is 0.667. The minimum atomic E-state index is -0.869. The molecule has 0 unspecified atom stereocenters. The van der Waals surface area contributed by atoms with Crippen LogP contribution >= 0.6 is 12.6 Å². The average molecular weight is 150 g/mol. The van der Waals surface area contributed by atoms with E-state index in [1.54, 1.807) is 0 Å². The SMILES string of the molecule is N[C@@H](CS)C(=O)ON=O. The molecule has 2 N–H and O–H groups in total. The highest BCUT2D eigenvalue weighted by Crippen LogP contribution is 1.87. The van der Waals surface area contributed by atoms with E-state index in [4.69, 9.17) is 5.73 Å². The Kier molecular flexibility index (Phi) is 3.98. The number of carbonyl (C=O) groups excluding carboxylic acids is 1. The zero-order chi connectivity index (χ0) is 7.28. The molecule has 6 heteroatoms. The fourth-order valence-corrected chi connectivity index (χ4v) is 0.328. The van der Waals surface area contributed by atoms with Crippen molar-refractivity contribution in [3.05, 3.63) is 4.91 Å². The minimum Gasteiger partial charge on any atom is -0.318 e. The summed E-state index contributed by atoms with van der Waals surface area (Å²) in [5.41, 5.74) is 5.05. The normalized spacial score (nSPS) is 12.2. The third-order valence-corrected chi connectivity index (χ3v) is 1.02. The number of thiol groups is 1. The molecule has 0 radical (unpaired) electrons. The van der Waals surface area contributed by atoms with E-state index in [0.717, 1.165) is 0 Å². The van der Waals surface area contributed by atoms with Crippen LogP contribution in [0.5, 0.6) is 0 Å². The summed E-state index contributed by atoms with van der Waals surface area (Å²) >= 11 is 3.68. The summed E-state index contributed by atoms with van der Waals surface area (Å²) < 4.78 is 0. The van der Waals surface area contributed by atoms with Crippen LogP contribution in [0.15, 0.2) is 5.34 Å². The molecule has 0 aromatic carbocycles. The summed E-state index contributed by atoms with van der Waals surface area (Å²) in [5.74, 6) is -0.728. The van der Waals surface area contributed by atoms with E-state index in [2.05, 4.69) is 17.5 Å². The molecule has 0 saturated heterocycles. The Morgan fingerprint density at radius 2 is 2.44 bits per heavy atom. The second-order valence-corrected chi connectivity index (χ2v) is 1.64. The molecule has 0 fully saturated rings. The van der Waals surface area contributed by atoms with Crippen molar-refractivity contribution < 1.29 is 9.63 Å². The molecule has 0 aliphatic rings. The number of nitrogens with zero attached hydrogens (tertiary/aromatic N) is 1. The highest BCUT2D eigenvalue weighted by molar-refractivity contribution is 7.80. The van der Waals surface area contributed by atoms with Crippen LogP contribution in [0.2, 0.25) is 0 Å². The quantitative estimate of drug-likeness (QED) is 0.322. The fourth-order valence-electron chi connectivity index (χ4n) is 0.179. The van der Waals surface area contributed by atoms with Crippen LogP contribution in [-0.2, 0) is 9.63 Å². The lowest BCUT2D eigenvalue weighted by molar-refractivity contribution is -0.144.